The molecule has 0 spiro atoms. The van der Waals surface area contributed by atoms with Crippen LogP contribution in [0.1, 0.15) is 13.8 Å². The molecule has 0 aliphatic carbocycles. The van der Waals surface area contributed by atoms with Gasteiger partial charge in [0.05, 0.1) is 18.4 Å². The Kier molecular flexibility index (Phi) is 4.12. The number of carbonyl (C=O) groups excluding carboxylic acids is 1. The summed E-state index contributed by atoms with van der Waals surface area (Å²) in [5.41, 5.74) is 1.42. The molecule has 19 heavy (non-hydrogen) atoms. The molecule has 6 heteroatoms. The largest absolute Gasteiger partial charge is 0.368 e. The number of nitrogens with one attached hydrogen (secondary N) is 3. The van der Waals surface area contributed by atoms with Gasteiger partial charge in [-0.3, -0.25) is 9.98 Å². The first kappa shape index (κ1) is 13.1. The number of amidine groups is 1. The Bertz CT molecular complexity index is 507. The van der Waals surface area contributed by atoms with Crippen LogP contribution in [0.3, 0.4) is 0 Å². The van der Waals surface area contributed by atoms with Crippen LogP contribution in [0.5, 0.6) is 0 Å². The first-order chi connectivity index (χ1) is 9.13. The van der Waals surface area contributed by atoms with E-state index < -0.39 is 0 Å². The van der Waals surface area contributed by atoms with Gasteiger partial charge >= 0.3 is 6.03 Å². The van der Waals surface area contributed by atoms with Gasteiger partial charge in [-0.1, -0.05) is 0 Å². The Morgan fingerprint density at radius 1 is 1.37 bits per heavy atom. The van der Waals surface area contributed by atoms with Crippen molar-refractivity contribution < 1.29 is 4.79 Å². The molecule has 0 aromatic carbocycles. The van der Waals surface area contributed by atoms with Crippen molar-refractivity contribution in [1.82, 2.24) is 15.6 Å². The fourth-order valence-electron chi connectivity index (χ4n) is 1.63. The van der Waals surface area contributed by atoms with Crippen LogP contribution in [0.2, 0.25) is 0 Å². The molecule has 6 nitrogen and oxygen atoms in total. The molecule has 1 aromatic rings. The van der Waals surface area contributed by atoms with E-state index in [1.807, 2.05) is 19.9 Å². The standard InChI is InChI=1S/C13H17N5O/c1-9(2)16-12-6-11(8-15-12)18-13(19)17-10-4-3-5-14-7-10/h3-7,9H,8H2,1-2H3,(H,15,16)(H2,17,18,19). The van der Waals surface area contributed by atoms with Crippen LogP contribution in [0.25, 0.3) is 0 Å². The van der Waals surface area contributed by atoms with E-state index in [1.54, 1.807) is 24.5 Å². The Balaban J connectivity index is 1.84. The van der Waals surface area contributed by atoms with Crippen LogP contribution in [0.15, 0.2) is 41.3 Å². The van der Waals surface area contributed by atoms with Crippen molar-refractivity contribution in [3.8, 4) is 0 Å². The number of hydrogen-bond donors (Lipinski definition) is 3. The molecule has 2 heterocycles. The van der Waals surface area contributed by atoms with Crippen LogP contribution >= 0.6 is 0 Å². The van der Waals surface area contributed by atoms with Gasteiger partial charge in [0.15, 0.2) is 0 Å². The summed E-state index contributed by atoms with van der Waals surface area (Å²) < 4.78 is 0. The Hall–Kier alpha value is -2.37. The number of aromatic nitrogens is 1. The smallest absolute Gasteiger partial charge is 0.323 e. The van der Waals surface area contributed by atoms with E-state index in [-0.39, 0.29) is 6.03 Å². The van der Waals surface area contributed by atoms with E-state index >= 15 is 0 Å². The van der Waals surface area contributed by atoms with Gasteiger partial charge in [-0.05, 0) is 26.0 Å². The van der Waals surface area contributed by atoms with Gasteiger partial charge in [-0.15, -0.1) is 0 Å². The maximum Gasteiger partial charge on any atom is 0.323 e. The predicted molar refractivity (Wildman–Crippen MR) is 75.0 cm³/mol. The van der Waals surface area contributed by atoms with E-state index in [2.05, 4.69) is 25.9 Å². The number of rotatable bonds is 3. The molecule has 0 radical (unpaired) electrons. The average Bonchev–Trinajstić information content (AvgIpc) is 2.76. The summed E-state index contributed by atoms with van der Waals surface area (Å²) in [4.78, 5) is 19.9. The van der Waals surface area contributed by atoms with Gasteiger partial charge in [0.25, 0.3) is 0 Å². The Morgan fingerprint density at radius 3 is 2.89 bits per heavy atom. The highest BCUT2D eigenvalue weighted by molar-refractivity contribution is 5.97. The van der Waals surface area contributed by atoms with Gasteiger partial charge < -0.3 is 16.0 Å². The highest BCUT2D eigenvalue weighted by Gasteiger charge is 2.11. The van der Waals surface area contributed by atoms with Gasteiger partial charge in [0.2, 0.25) is 0 Å². The topological polar surface area (TPSA) is 78.4 Å². The Morgan fingerprint density at radius 2 is 2.21 bits per heavy atom. The summed E-state index contributed by atoms with van der Waals surface area (Å²) in [6.07, 6.45) is 5.08. The van der Waals surface area contributed by atoms with Crippen molar-refractivity contribution in [3.63, 3.8) is 0 Å². The second-order valence-corrected chi connectivity index (χ2v) is 4.49. The minimum Gasteiger partial charge on any atom is -0.368 e. The lowest BCUT2D eigenvalue weighted by Crippen LogP contribution is -2.30. The van der Waals surface area contributed by atoms with E-state index in [9.17, 15) is 4.79 Å². The number of anilines is 1. The van der Waals surface area contributed by atoms with Gasteiger partial charge in [0, 0.05) is 24.0 Å². The molecule has 2 rings (SSSR count). The van der Waals surface area contributed by atoms with Crippen molar-refractivity contribution in [2.45, 2.75) is 19.9 Å². The van der Waals surface area contributed by atoms with Crippen LogP contribution in [0.4, 0.5) is 10.5 Å². The third kappa shape index (κ3) is 4.09. The van der Waals surface area contributed by atoms with Crippen molar-refractivity contribution in [2.24, 2.45) is 4.99 Å². The number of urea groups is 1. The zero-order valence-corrected chi connectivity index (χ0v) is 11.0. The first-order valence-electron chi connectivity index (χ1n) is 6.13. The van der Waals surface area contributed by atoms with Crippen molar-refractivity contribution in [2.75, 3.05) is 11.9 Å². The van der Waals surface area contributed by atoms with Gasteiger partial charge in [0.1, 0.15) is 5.84 Å². The van der Waals surface area contributed by atoms with Crippen LogP contribution < -0.4 is 16.0 Å². The second-order valence-electron chi connectivity index (χ2n) is 4.49. The van der Waals surface area contributed by atoms with E-state index in [1.165, 1.54) is 0 Å². The molecule has 0 fully saturated rings. The molecule has 0 bridgehead atoms. The summed E-state index contributed by atoms with van der Waals surface area (Å²) in [7, 11) is 0. The first-order valence-corrected chi connectivity index (χ1v) is 6.13. The quantitative estimate of drug-likeness (QED) is 0.769. The molecule has 0 unspecified atom stereocenters. The predicted octanol–water partition coefficient (Wildman–Crippen LogP) is 1.50. The molecular formula is C13H17N5O. The summed E-state index contributed by atoms with van der Waals surface area (Å²) in [5, 5.41) is 8.65. The maximum absolute atomic E-state index is 11.7. The molecule has 0 saturated heterocycles. The summed E-state index contributed by atoms with van der Waals surface area (Å²) in [6.45, 7) is 4.56. The number of nitrogens with zero attached hydrogens (tertiary/aromatic N) is 2. The number of aliphatic imine (C=N–C) groups is 1. The fraction of sp³-hybridized carbons (Fsp3) is 0.308. The molecule has 0 saturated carbocycles. The third-order valence-electron chi connectivity index (χ3n) is 2.36. The van der Waals surface area contributed by atoms with E-state index in [4.69, 9.17) is 0 Å². The summed E-state index contributed by atoms with van der Waals surface area (Å²) >= 11 is 0. The lowest BCUT2D eigenvalue weighted by atomic mass is 10.3. The zero-order valence-electron chi connectivity index (χ0n) is 11.0. The normalized spacial score (nSPS) is 13.8. The lowest BCUT2D eigenvalue weighted by Gasteiger charge is -2.07. The minimum absolute atomic E-state index is 0.291. The number of pyridine rings is 1. The molecule has 3 N–H and O–H groups in total. The number of amides is 2. The average molecular weight is 259 g/mol. The monoisotopic (exact) mass is 259 g/mol. The van der Waals surface area contributed by atoms with E-state index in [0.29, 0.717) is 18.3 Å². The van der Waals surface area contributed by atoms with E-state index in [0.717, 1.165) is 11.5 Å². The SMILES string of the molecule is CC(C)NC1=NCC(NC(=O)Nc2cccnc2)=C1. The third-order valence-corrected chi connectivity index (χ3v) is 2.36. The van der Waals surface area contributed by atoms with Crippen LogP contribution in [0, 0.1) is 0 Å². The Labute approximate surface area is 112 Å². The lowest BCUT2D eigenvalue weighted by molar-refractivity contribution is 0.254. The van der Waals surface area contributed by atoms with Gasteiger partial charge in [-0.25, -0.2) is 4.79 Å². The molecule has 0 atom stereocenters. The number of carbonyl (C=O) groups is 1. The minimum atomic E-state index is -0.291. The highest BCUT2D eigenvalue weighted by Crippen LogP contribution is 2.05. The van der Waals surface area contributed by atoms with Crippen LogP contribution in [-0.2, 0) is 0 Å². The fourth-order valence-corrected chi connectivity index (χ4v) is 1.63. The molecule has 2 amide bonds. The second kappa shape index (κ2) is 5.99. The highest BCUT2D eigenvalue weighted by atomic mass is 16.2. The molecule has 100 valence electrons. The molecule has 1 aromatic heterocycles. The molecule has 1 aliphatic heterocycles. The zero-order chi connectivity index (χ0) is 13.7. The number of hydrogen-bond acceptors (Lipinski definition) is 4. The van der Waals surface area contributed by atoms with Crippen LogP contribution in [-0.4, -0.2) is 29.4 Å². The maximum atomic E-state index is 11.7. The van der Waals surface area contributed by atoms with Crippen molar-refractivity contribution in [3.05, 3.63) is 36.3 Å². The van der Waals surface area contributed by atoms with Crippen molar-refractivity contribution in [1.29, 1.82) is 0 Å². The van der Waals surface area contributed by atoms with Crippen molar-refractivity contribution >= 4 is 17.6 Å². The molecular weight excluding hydrogens is 242 g/mol. The molecule has 1 aliphatic rings. The summed E-state index contributed by atoms with van der Waals surface area (Å²) in [5.74, 6) is 0.798. The van der Waals surface area contributed by atoms with Gasteiger partial charge in [-0.2, -0.15) is 0 Å². The summed E-state index contributed by atoms with van der Waals surface area (Å²) in [6, 6.07) is 3.56.